The van der Waals surface area contributed by atoms with Crippen molar-refractivity contribution in [1.82, 2.24) is 5.32 Å². The smallest absolute Gasteiger partial charge is 0.224 e. The summed E-state index contributed by atoms with van der Waals surface area (Å²) in [5, 5.41) is 11.7. The largest absolute Gasteiger partial charge is 0.396 e. The molecule has 1 fully saturated rings. The number of nitrogens with one attached hydrogen (secondary N) is 1. The lowest BCUT2D eigenvalue weighted by molar-refractivity contribution is -0.120. The van der Waals surface area contributed by atoms with E-state index in [0.717, 1.165) is 25.0 Å². The third-order valence-electron chi connectivity index (χ3n) is 3.32. The number of aliphatic hydroxyl groups excluding tert-OH is 1. The SMILES string of the molecule is O=C(Cc1ccc(F)cc1F)NCC1(CO)CC1. The summed E-state index contributed by atoms with van der Waals surface area (Å²) in [5.41, 5.74) is -0.000434. The van der Waals surface area contributed by atoms with E-state index in [1.165, 1.54) is 6.07 Å². The van der Waals surface area contributed by atoms with Gasteiger partial charge in [-0.3, -0.25) is 4.79 Å². The van der Waals surface area contributed by atoms with Gasteiger partial charge in [0.15, 0.2) is 0 Å². The van der Waals surface area contributed by atoms with E-state index in [2.05, 4.69) is 5.32 Å². The Hall–Kier alpha value is -1.49. The molecule has 1 saturated carbocycles. The molecule has 2 N–H and O–H groups in total. The van der Waals surface area contributed by atoms with Crippen LogP contribution >= 0.6 is 0 Å². The monoisotopic (exact) mass is 255 g/mol. The molecule has 1 aromatic rings. The van der Waals surface area contributed by atoms with Gasteiger partial charge in [0.2, 0.25) is 5.91 Å². The van der Waals surface area contributed by atoms with Crippen molar-refractivity contribution in [3.63, 3.8) is 0 Å². The first-order valence-corrected chi connectivity index (χ1v) is 5.86. The minimum absolute atomic E-state index is 0.0538. The Kier molecular flexibility index (Phi) is 3.61. The van der Waals surface area contributed by atoms with Crippen molar-refractivity contribution in [1.29, 1.82) is 0 Å². The van der Waals surface area contributed by atoms with Crippen molar-refractivity contribution >= 4 is 5.91 Å². The van der Waals surface area contributed by atoms with Crippen molar-refractivity contribution in [3.8, 4) is 0 Å². The molecule has 0 atom stereocenters. The van der Waals surface area contributed by atoms with Crippen molar-refractivity contribution in [3.05, 3.63) is 35.4 Å². The molecular formula is C13H15F2NO2. The number of amides is 1. The first-order valence-electron chi connectivity index (χ1n) is 5.86. The molecule has 0 unspecified atom stereocenters. The number of carbonyl (C=O) groups excluding carboxylic acids is 1. The fourth-order valence-electron chi connectivity index (χ4n) is 1.75. The summed E-state index contributed by atoms with van der Waals surface area (Å²) in [5.74, 6) is -1.69. The summed E-state index contributed by atoms with van der Waals surface area (Å²) in [4.78, 5) is 11.6. The van der Waals surface area contributed by atoms with Crippen LogP contribution in [0.25, 0.3) is 0 Å². The molecule has 0 radical (unpaired) electrons. The molecule has 98 valence electrons. The number of hydrogen-bond donors (Lipinski definition) is 2. The molecule has 18 heavy (non-hydrogen) atoms. The maximum atomic E-state index is 13.3. The molecule has 1 aromatic carbocycles. The third kappa shape index (κ3) is 3.04. The van der Waals surface area contributed by atoms with E-state index in [1.807, 2.05) is 0 Å². The second kappa shape index (κ2) is 5.02. The van der Waals surface area contributed by atoms with Gasteiger partial charge in [0.1, 0.15) is 11.6 Å². The van der Waals surface area contributed by atoms with Crippen molar-refractivity contribution < 1.29 is 18.7 Å². The van der Waals surface area contributed by atoms with Gasteiger partial charge in [0.05, 0.1) is 13.0 Å². The third-order valence-corrected chi connectivity index (χ3v) is 3.32. The summed E-state index contributed by atoms with van der Waals surface area (Å²) < 4.78 is 26.0. The van der Waals surface area contributed by atoms with Crippen LogP contribution in [-0.4, -0.2) is 24.2 Å². The number of aliphatic hydroxyl groups is 1. The van der Waals surface area contributed by atoms with E-state index in [0.29, 0.717) is 6.54 Å². The molecule has 0 aliphatic heterocycles. The highest BCUT2D eigenvalue weighted by molar-refractivity contribution is 5.78. The van der Waals surface area contributed by atoms with Crippen molar-refractivity contribution in [2.24, 2.45) is 5.41 Å². The predicted molar refractivity (Wildman–Crippen MR) is 61.8 cm³/mol. The van der Waals surface area contributed by atoms with Gasteiger partial charge < -0.3 is 10.4 Å². The second-order valence-electron chi connectivity index (χ2n) is 4.85. The van der Waals surface area contributed by atoms with Gasteiger partial charge in [-0.05, 0) is 24.5 Å². The quantitative estimate of drug-likeness (QED) is 0.835. The van der Waals surface area contributed by atoms with Gasteiger partial charge in [0, 0.05) is 18.0 Å². The Bertz CT molecular complexity index is 458. The van der Waals surface area contributed by atoms with Crippen LogP contribution in [0.15, 0.2) is 18.2 Å². The number of carbonyl (C=O) groups is 1. The molecule has 1 aliphatic rings. The van der Waals surface area contributed by atoms with Crippen LogP contribution in [-0.2, 0) is 11.2 Å². The first kappa shape index (κ1) is 13.0. The van der Waals surface area contributed by atoms with Crippen LogP contribution < -0.4 is 5.32 Å². The minimum atomic E-state index is -0.714. The Morgan fingerprint density at radius 3 is 2.67 bits per heavy atom. The minimum Gasteiger partial charge on any atom is -0.396 e. The number of benzene rings is 1. The lowest BCUT2D eigenvalue weighted by Gasteiger charge is -2.12. The van der Waals surface area contributed by atoms with E-state index in [9.17, 15) is 13.6 Å². The fraction of sp³-hybridized carbons (Fsp3) is 0.462. The Morgan fingerprint density at radius 1 is 1.39 bits per heavy atom. The van der Waals surface area contributed by atoms with E-state index in [1.54, 1.807) is 0 Å². The molecule has 0 saturated heterocycles. The molecule has 1 aliphatic carbocycles. The maximum absolute atomic E-state index is 13.3. The van der Waals surface area contributed by atoms with Crippen LogP contribution in [0.1, 0.15) is 18.4 Å². The highest BCUT2D eigenvalue weighted by Gasteiger charge is 2.41. The average Bonchev–Trinajstić information content (AvgIpc) is 3.11. The van der Waals surface area contributed by atoms with Gasteiger partial charge in [-0.1, -0.05) is 6.07 Å². The number of rotatable bonds is 5. The Labute approximate surface area is 104 Å². The van der Waals surface area contributed by atoms with Crippen LogP contribution in [0.3, 0.4) is 0 Å². The molecule has 0 aromatic heterocycles. The first-order chi connectivity index (χ1) is 8.54. The highest BCUT2D eigenvalue weighted by Crippen LogP contribution is 2.44. The predicted octanol–water partition coefficient (Wildman–Crippen LogP) is 1.40. The molecule has 0 heterocycles. The highest BCUT2D eigenvalue weighted by atomic mass is 19.1. The van der Waals surface area contributed by atoms with Gasteiger partial charge in [-0.2, -0.15) is 0 Å². The van der Waals surface area contributed by atoms with Crippen molar-refractivity contribution in [2.45, 2.75) is 19.3 Å². The normalized spacial score (nSPS) is 16.4. The Balaban J connectivity index is 1.87. The molecule has 0 spiro atoms. The van der Waals surface area contributed by atoms with Gasteiger partial charge in [-0.15, -0.1) is 0 Å². The van der Waals surface area contributed by atoms with E-state index >= 15 is 0 Å². The van der Waals surface area contributed by atoms with E-state index < -0.39 is 11.6 Å². The topological polar surface area (TPSA) is 49.3 Å². The van der Waals surface area contributed by atoms with E-state index in [-0.39, 0.29) is 29.9 Å². The standard InChI is InChI=1S/C13H15F2NO2/c14-10-2-1-9(11(15)6-10)5-12(18)16-7-13(8-17)3-4-13/h1-2,6,17H,3-5,7-8H2,(H,16,18). The molecule has 1 amide bonds. The van der Waals surface area contributed by atoms with Crippen molar-refractivity contribution in [2.75, 3.05) is 13.2 Å². The zero-order valence-corrected chi connectivity index (χ0v) is 9.88. The molecule has 5 heteroatoms. The summed E-state index contributed by atoms with van der Waals surface area (Å²) in [6, 6.07) is 3.16. The zero-order valence-electron chi connectivity index (χ0n) is 9.88. The number of hydrogen-bond acceptors (Lipinski definition) is 2. The van der Waals surface area contributed by atoms with Crippen LogP contribution in [0.5, 0.6) is 0 Å². The van der Waals surface area contributed by atoms with Gasteiger partial charge >= 0.3 is 0 Å². The lowest BCUT2D eigenvalue weighted by atomic mass is 10.1. The summed E-state index contributed by atoms with van der Waals surface area (Å²) in [6.45, 7) is 0.462. The zero-order chi connectivity index (χ0) is 13.2. The maximum Gasteiger partial charge on any atom is 0.224 e. The average molecular weight is 255 g/mol. The lowest BCUT2D eigenvalue weighted by Crippen LogP contribution is -2.33. The summed E-state index contributed by atoms with van der Waals surface area (Å²) >= 11 is 0. The van der Waals surface area contributed by atoms with Crippen LogP contribution in [0, 0.1) is 17.0 Å². The molecular weight excluding hydrogens is 240 g/mol. The fourth-order valence-corrected chi connectivity index (χ4v) is 1.75. The molecule has 3 nitrogen and oxygen atoms in total. The summed E-state index contributed by atoms with van der Waals surface area (Å²) in [7, 11) is 0. The van der Waals surface area contributed by atoms with Crippen LogP contribution in [0.2, 0.25) is 0 Å². The van der Waals surface area contributed by atoms with Crippen LogP contribution in [0.4, 0.5) is 8.78 Å². The summed E-state index contributed by atoms with van der Waals surface area (Å²) in [6.07, 6.45) is 1.68. The molecule has 0 bridgehead atoms. The van der Waals surface area contributed by atoms with Gasteiger partial charge in [-0.25, -0.2) is 8.78 Å². The molecule has 2 rings (SSSR count). The van der Waals surface area contributed by atoms with Gasteiger partial charge in [0.25, 0.3) is 0 Å². The van der Waals surface area contributed by atoms with E-state index in [4.69, 9.17) is 5.11 Å². The number of halogens is 2. The Morgan fingerprint density at radius 2 is 2.11 bits per heavy atom. The second-order valence-corrected chi connectivity index (χ2v) is 4.85.